The van der Waals surface area contributed by atoms with Crippen LogP contribution in [0.5, 0.6) is 5.75 Å². The summed E-state index contributed by atoms with van der Waals surface area (Å²) in [5.41, 5.74) is 0. The smallest absolute Gasteiger partial charge is 0.139 e. The molecule has 1 aromatic carbocycles. The number of hydrogen-bond acceptors (Lipinski definition) is 2. The van der Waals surface area contributed by atoms with Crippen molar-refractivity contribution in [1.29, 1.82) is 0 Å². The van der Waals surface area contributed by atoms with Gasteiger partial charge in [0.1, 0.15) is 11.9 Å². The summed E-state index contributed by atoms with van der Waals surface area (Å²) in [7, 11) is 0. The Hall–Kier alpha value is -0.440. The molecule has 2 rings (SSSR count). The van der Waals surface area contributed by atoms with Gasteiger partial charge in [0, 0.05) is 11.1 Å². The third kappa shape index (κ3) is 1.97. The fourth-order valence-electron chi connectivity index (χ4n) is 1.32. The van der Waals surface area contributed by atoms with Gasteiger partial charge in [-0.1, -0.05) is 23.2 Å². The Kier molecular flexibility index (Phi) is 2.86. The molecule has 1 N–H and O–H groups in total. The van der Waals surface area contributed by atoms with Crippen LogP contribution in [-0.2, 0) is 0 Å². The van der Waals surface area contributed by atoms with Crippen LogP contribution in [0.15, 0.2) is 18.2 Å². The fraction of sp³-hybridized carbons (Fsp3) is 0.400. The SMILES string of the molecule is O[C@@H]1CC[C@H]1Oc1cc(Cl)ccc1Cl. The zero-order valence-corrected chi connectivity index (χ0v) is 8.92. The predicted molar refractivity (Wildman–Crippen MR) is 56.1 cm³/mol. The van der Waals surface area contributed by atoms with E-state index in [-0.39, 0.29) is 12.2 Å². The van der Waals surface area contributed by atoms with Crippen molar-refractivity contribution in [3.8, 4) is 5.75 Å². The maximum absolute atomic E-state index is 9.33. The summed E-state index contributed by atoms with van der Waals surface area (Å²) in [6.45, 7) is 0. The highest BCUT2D eigenvalue weighted by atomic mass is 35.5. The lowest BCUT2D eigenvalue weighted by Crippen LogP contribution is -2.41. The molecule has 0 spiro atoms. The van der Waals surface area contributed by atoms with E-state index < -0.39 is 0 Å². The molecule has 2 nitrogen and oxygen atoms in total. The lowest BCUT2D eigenvalue weighted by molar-refractivity contribution is -0.0361. The van der Waals surface area contributed by atoms with Crippen LogP contribution in [-0.4, -0.2) is 17.3 Å². The van der Waals surface area contributed by atoms with Gasteiger partial charge in [0.05, 0.1) is 11.1 Å². The number of hydrogen-bond donors (Lipinski definition) is 1. The van der Waals surface area contributed by atoms with Crippen molar-refractivity contribution < 1.29 is 9.84 Å². The average Bonchev–Trinajstić information content (AvgIpc) is 2.17. The van der Waals surface area contributed by atoms with Crippen molar-refractivity contribution in [2.24, 2.45) is 0 Å². The summed E-state index contributed by atoms with van der Waals surface area (Å²) in [5, 5.41) is 10.4. The van der Waals surface area contributed by atoms with Crippen molar-refractivity contribution in [3.63, 3.8) is 0 Å². The van der Waals surface area contributed by atoms with Gasteiger partial charge in [0.25, 0.3) is 0 Å². The van der Waals surface area contributed by atoms with Crippen LogP contribution in [0, 0.1) is 0 Å². The third-order valence-electron chi connectivity index (χ3n) is 2.35. The lowest BCUT2D eigenvalue weighted by Gasteiger charge is -2.32. The molecule has 1 aliphatic rings. The molecule has 1 aromatic rings. The maximum Gasteiger partial charge on any atom is 0.139 e. The summed E-state index contributed by atoms with van der Waals surface area (Å²) >= 11 is 11.7. The van der Waals surface area contributed by atoms with E-state index >= 15 is 0 Å². The Balaban J connectivity index is 2.11. The molecule has 0 unspecified atom stereocenters. The van der Waals surface area contributed by atoms with Gasteiger partial charge in [-0.15, -0.1) is 0 Å². The van der Waals surface area contributed by atoms with Crippen LogP contribution < -0.4 is 4.74 Å². The molecule has 4 heteroatoms. The standard InChI is InChI=1S/C10H10Cl2O2/c11-6-1-2-7(12)10(5-6)14-9-4-3-8(9)13/h1-2,5,8-9,13H,3-4H2/t8-,9-/m1/s1. The Labute approximate surface area is 92.4 Å². The second-order valence-electron chi connectivity index (χ2n) is 3.38. The first-order valence-electron chi connectivity index (χ1n) is 4.46. The number of rotatable bonds is 2. The largest absolute Gasteiger partial charge is 0.486 e. The van der Waals surface area contributed by atoms with Gasteiger partial charge in [-0.05, 0) is 25.0 Å². The molecular formula is C10H10Cl2O2. The second kappa shape index (κ2) is 3.97. The maximum atomic E-state index is 9.33. The van der Waals surface area contributed by atoms with Gasteiger partial charge in [0.15, 0.2) is 0 Å². The van der Waals surface area contributed by atoms with Crippen LogP contribution in [0.3, 0.4) is 0 Å². The first kappa shape index (κ1) is 10.1. The molecule has 2 atom stereocenters. The minimum absolute atomic E-state index is 0.133. The topological polar surface area (TPSA) is 29.5 Å². The molecule has 0 heterocycles. The van der Waals surface area contributed by atoms with Crippen molar-refractivity contribution in [1.82, 2.24) is 0 Å². The number of halogens is 2. The number of ether oxygens (including phenoxy) is 1. The molecule has 0 aromatic heterocycles. The van der Waals surface area contributed by atoms with Crippen LogP contribution >= 0.6 is 23.2 Å². The monoisotopic (exact) mass is 232 g/mol. The third-order valence-corrected chi connectivity index (χ3v) is 2.90. The Morgan fingerprint density at radius 2 is 2.07 bits per heavy atom. The van der Waals surface area contributed by atoms with E-state index in [0.717, 1.165) is 12.8 Å². The van der Waals surface area contributed by atoms with E-state index in [2.05, 4.69) is 0 Å². The van der Waals surface area contributed by atoms with Gasteiger partial charge >= 0.3 is 0 Å². The quantitative estimate of drug-likeness (QED) is 0.850. The summed E-state index contributed by atoms with van der Waals surface area (Å²) in [6.07, 6.45) is 1.16. The van der Waals surface area contributed by atoms with E-state index in [1.807, 2.05) is 0 Å². The summed E-state index contributed by atoms with van der Waals surface area (Å²) in [4.78, 5) is 0. The minimum atomic E-state index is -0.370. The van der Waals surface area contributed by atoms with Gasteiger partial charge in [-0.3, -0.25) is 0 Å². The van der Waals surface area contributed by atoms with Gasteiger partial charge < -0.3 is 9.84 Å². The molecule has 1 fully saturated rings. The Bertz CT molecular complexity index is 341. The second-order valence-corrected chi connectivity index (χ2v) is 4.22. The minimum Gasteiger partial charge on any atom is -0.486 e. The van der Waals surface area contributed by atoms with Gasteiger partial charge in [0.2, 0.25) is 0 Å². The lowest BCUT2D eigenvalue weighted by atomic mass is 9.92. The summed E-state index contributed by atoms with van der Waals surface area (Å²) < 4.78 is 5.51. The van der Waals surface area contributed by atoms with Crippen molar-refractivity contribution >= 4 is 23.2 Å². The van der Waals surface area contributed by atoms with Crippen LogP contribution in [0.1, 0.15) is 12.8 Å². The molecule has 0 amide bonds. The normalized spacial score (nSPS) is 25.6. The van der Waals surface area contributed by atoms with E-state index in [9.17, 15) is 5.11 Å². The molecule has 0 saturated heterocycles. The van der Waals surface area contributed by atoms with Crippen LogP contribution in [0.2, 0.25) is 10.0 Å². The fourth-order valence-corrected chi connectivity index (χ4v) is 1.64. The number of benzene rings is 1. The molecule has 1 aliphatic carbocycles. The molecule has 76 valence electrons. The van der Waals surface area contributed by atoms with E-state index in [4.69, 9.17) is 27.9 Å². The predicted octanol–water partition coefficient (Wildman–Crippen LogP) is 2.90. The van der Waals surface area contributed by atoms with E-state index in [1.165, 1.54) is 0 Å². The molecular weight excluding hydrogens is 223 g/mol. The summed E-state index contributed by atoms with van der Waals surface area (Å²) in [6, 6.07) is 5.05. The Morgan fingerprint density at radius 3 is 2.64 bits per heavy atom. The Morgan fingerprint density at radius 1 is 1.29 bits per heavy atom. The number of aliphatic hydroxyl groups is 1. The first-order chi connectivity index (χ1) is 6.66. The number of aliphatic hydroxyl groups excluding tert-OH is 1. The summed E-state index contributed by atoms with van der Waals surface area (Å²) in [5.74, 6) is 0.544. The van der Waals surface area contributed by atoms with Crippen LogP contribution in [0.4, 0.5) is 0 Å². The highest BCUT2D eigenvalue weighted by Crippen LogP contribution is 2.32. The van der Waals surface area contributed by atoms with E-state index in [0.29, 0.717) is 15.8 Å². The zero-order chi connectivity index (χ0) is 10.1. The zero-order valence-electron chi connectivity index (χ0n) is 7.41. The van der Waals surface area contributed by atoms with Gasteiger partial charge in [-0.25, -0.2) is 0 Å². The highest BCUT2D eigenvalue weighted by molar-refractivity contribution is 6.34. The molecule has 14 heavy (non-hydrogen) atoms. The average molecular weight is 233 g/mol. The molecule has 0 bridgehead atoms. The molecule has 0 radical (unpaired) electrons. The molecule has 1 saturated carbocycles. The van der Waals surface area contributed by atoms with Crippen molar-refractivity contribution in [3.05, 3.63) is 28.2 Å². The first-order valence-corrected chi connectivity index (χ1v) is 5.22. The molecule has 0 aliphatic heterocycles. The van der Waals surface area contributed by atoms with Crippen molar-refractivity contribution in [2.45, 2.75) is 25.0 Å². The van der Waals surface area contributed by atoms with Crippen molar-refractivity contribution in [2.75, 3.05) is 0 Å². The van der Waals surface area contributed by atoms with Gasteiger partial charge in [-0.2, -0.15) is 0 Å². The van der Waals surface area contributed by atoms with Crippen LogP contribution in [0.25, 0.3) is 0 Å². The highest BCUT2D eigenvalue weighted by Gasteiger charge is 2.31. The van der Waals surface area contributed by atoms with E-state index in [1.54, 1.807) is 18.2 Å².